The summed E-state index contributed by atoms with van der Waals surface area (Å²) in [4.78, 5) is 15.9. The monoisotopic (exact) mass is 326 g/mol. The summed E-state index contributed by atoms with van der Waals surface area (Å²) in [5.74, 6) is 0.330. The van der Waals surface area contributed by atoms with Crippen molar-refractivity contribution in [1.29, 1.82) is 0 Å². The third-order valence-corrected chi connectivity index (χ3v) is 4.37. The number of amides is 1. The number of benzene rings is 2. The number of nitrogens with one attached hydrogen (secondary N) is 2. The van der Waals surface area contributed by atoms with Crippen LogP contribution in [0.4, 0.5) is 0 Å². The summed E-state index contributed by atoms with van der Waals surface area (Å²) in [6, 6.07) is 14.8. The minimum atomic E-state index is -0.000288. The molecular weight excluding hydrogens is 308 g/mol. The van der Waals surface area contributed by atoms with Crippen LogP contribution in [0, 0.1) is 0 Å². The molecule has 0 saturated carbocycles. The Labute approximate surface area is 138 Å². The van der Waals surface area contributed by atoms with Crippen LogP contribution in [0.5, 0.6) is 0 Å². The van der Waals surface area contributed by atoms with E-state index in [9.17, 15) is 4.79 Å². The molecule has 23 heavy (non-hydrogen) atoms. The number of carbonyl (C=O) groups excluding carboxylic acids is 1. The zero-order chi connectivity index (χ0) is 16.1. The molecule has 0 saturated heterocycles. The standard InChI is InChI=1S/C17H18N4OS/c1-12(20-16(22)10-23-17-18-11-19-21-17)8-13-6-7-14-4-2-3-5-15(14)9-13/h2-7,9,11-12H,8,10H2,1H3,(H,20,22)(H,18,19,21). The van der Waals surface area contributed by atoms with Crippen molar-refractivity contribution in [1.82, 2.24) is 20.5 Å². The second kappa shape index (κ2) is 7.28. The van der Waals surface area contributed by atoms with Gasteiger partial charge in [-0.2, -0.15) is 5.10 Å². The van der Waals surface area contributed by atoms with E-state index in [2.05, 4.69) is 50.8 Å². The molecule has 118 valence electrons. The van der Waals surface area contributed by atoms with E-state index in [4.69, 9.17) is 0 Å². The number of thioether (sulfide) groups is 1. The highest BCUT2D eigenvalue weighted by Crippen LogP contribution is 2.17. The van der Waals surface area contributed by atoms with Gasteiger partial charge in [-0.1, -0.05) is 54.2 Å². The average Bonchev–Trinajstić information content (AvgIpc) is 3.06. The highest BCUT2D eigenvalue weighted by Gasteiger charge is 2.10. The van der Waals surface area contributed by atoms with Crippen LogP contribution in [0.1, 0.15) is 12.5 Å². The lowest BCUT2D eigenvalue weighted by Crippen LogP contribution is -2.35. The molecule has 3 aromatic rings. The van der Waals surface area contributed by atoms with Crippen molar-refractivity contribution in [2.75, 3.05) is 5.75 Å². The van der Waals surface area contributed by atoms with Gasteiger partial charge in [-0.15, -0.1) is 0 Å². The first-order valence-electron chi connectivity index (χ1n) is 7.46. The van der Waals surface area contributed by atoms with Gasteiger partial charge in [-0.3, -0.25) is 9.89 Å². The number of aromatic nitrogens is 3. The van der Waals surface area contributed by atoms with Crippen molar-refractivity contribution in [3.8, 4) is 0 Å². The molecule has 1 atom stereocenters. The van der Waals surface area contributed by atoms with E-state index < -0.39 is 0 Å². The molecule has 0 aliphatic rings. The van der Waals surface area contributed by atoms with Crippen LogP contribution in [0.15, 0.2) is 53.9 Å². The first-order chi connectivity index (χ1) is 11.2. The van der Waals surface area contributed by atoms with E-state index in [0.29, 0.717) is 10.9 Å². The van der Waals surface area contributed by atoms with E-state index in [-0.39, 0.29) is 11.9 Å². The molecule has 2 aromatic carbocycles. The quantitative estimate of drug-likeness (QED) is 0.683. The molecule has 1 amide bonds. The topological polar surface area (TPSA) is 70.7 Å². The molecule has 0 radical (unpaired) electrons. The molecule has 0 aliphatic heterocycles. The van der Waals surface area contributed by atoms with Gasteiger partial charge in [0, 0.05) is 6.04 Å². The van der Waals surface area contributed by atoms with Crippen LogP contribution < -0.4 is 5.32 Å². The van der Waals surface area contributed by atoms with Gasteiger partial charge in [0.25, 0.3) is 0 Å². The maximum atomic E-state index is 12.0. The van der Waals surface area contributed by atoms with Crippen molar-refractivity contribution >= 4 is 28.4 Å². The lowest BCUT2D eigenvalue weighted by atomic mass is 10.0. The number of carbonyl (C=O) groups is 1. The third kappa shape index (κ3) is 4.32. The predicted octanol–water partition coefficient (Wildman–Crippen LogP) is 2.80. The summed E-state index contributed by atoms with van der Waals surface area (Å²) in [7, 11) is 0. The Bertz CT molecular complexity index is 788. The minimum absolute atomic E-state index is 0.000288. The number of aromatic amines is 1. The van der Waals surface area contributed by atoms with Crippen molar-refractivity contribution in [2.45, 2.75) is 24.5 Å². The molecule has 2 N–H and O–H groups in total. The number of H-pyrrole nitrogens is 1. The Morgan fingerprint density at radius 2 is 2.09 bits per heavy atom. The fourth-order valence-corrected chi connectivity index (χ4v) is 3.07. The summed E-state index contributed by atoms with van der Waals surface area (Å²) >= 11 is 1.34. The van der Waals surface area contributed by atoms with Crippen LogP contribution >= 0.6 is 11.8 Å². The van der Waals surface area contributed by atoms with Gasteiger partial charge in [0.15, 0.2) is 5.16 Å². The predicted molar refractivity (Wildman–Crippen MR) is 92.4 cm³/mol. The van der Waals surface area contributed by atoms with E-state index >= 15 is 0 Å². The highest BCUT2D eigenvalue weighted by molar-refractivity contribution is 7.99. The van der Waals surface area contributed by atoms with Gasteiger partial charge in [-0.25, -0.2) is 4.98 Å². The number of fused-ring (bicyclic) bond motifs is 1. The van der Waals surface area contributed by atoms with Crippen molar-refractivity contribution < 1.29 is 4.79 Å². The van der Waals surface area contributed by atoms with Gasteiger partial charge in [0.2, 0.25) is 5.91 Å². The first-order valence-corrected chi connectivity index (χ1v) is 8.44. The zero-order valence-electron chi connectivity index (χ0n) is 12.8. The number of rotatable bonds is 6. The summed E-state index contributed by atoms with van der Waals surface area (Å²) < 4.78 is 0. The van der Waals surface area contributed by atoms with Crippen molar-refractivity contribution in [3.05, 3.63) is 54.4 Å². The molecule has 0 fully saturated rings. The fraction of sp³-hybridized carbons (Fsp3) is 0.235. The third-order valence-electron chi connectivity index (χ3n) is 3.50. The zero-order valence-corrected chi connectivity index (χ0v) is 13.6. The maximum Gasteiger partial charge on any atom is 0.230 e. The van der Waals surface area contributed by atoms with E-state index in [1.807, 2.05) is 19.1 Å². The number of hydrogen-bond acceptors (Lipinski definition) is 4. The molecule has 5 nitrogen and oxygen atoms in total. The lowest BCUT2D eigenvalue weighted by Gasteiger charge is -2.14. The molecule has 1 unspecified atom stereocenters. The molecule has 3 rings (SSSR count). The Morgan fingerprint density at radius 3 is 2.87 bits per heavy atom. The number of nitrogens with zero attached hydrogens (tertiary/aromatic N) is 2. The normalized spacial score (nSPS) is 12.2. The van der Waals surface area contributed by atoms with Crippen LogP contribution in [-0.2, 0) is 11.2 Å². The molecule has 0 spiro atoms. The van der Waals surface area contributed by atoms with Crippen molar-refractivity contribution in [3.63, 3.8) is 0 Å². The molecular formula is C17H18N4OS. The fourth-order valence-electron chi connectivity index (χ4n) is 2.48. The van der Waals surface area contributed by atoms with E-state index in [0.717, 1.165) is 6.42 Å². The Morgan fingerprint density at radius 1 is 1.26 bits per heavy atom. The largest absolute Gasteiger partial charge is 0.353 e. The Balaban J connectivity index is 1.53. The van der Waals surface area contributed by atoms with E-state index in [1.165, 1.54) is 34.4 Å². The summed E-state index contributed by atoms with van der Waals surface area (Å²) in [6.07, 6.45) is 2.24. The van der Waals surface area contributed by atoms with Gasteiger partial charge < -0.3 is 5.32 Å². The highest BCUT2D eigenvalue weighted by atomic mass is 32.2. The van der Waals surface area contributed by atoms with Gasteiger partial charge in [0.05, 0.1) is 5.75 Å². The molecule has 6 heteroatoms. The molecule has 1 heterocycles. The van der Waals surface area contributed by atoms with Crippen LogP contribution in [0.3, 0.4) is 0 Å². The van der Waals surface area contributed by atoms with Crippen LogP contribution in [-0.4, -0.2) is 32.9 Å². The second-order valence-corrected chi connectivity index (χ2v) is 6.40. The Kier molecular flexibility index (Phi) is 4.92. The van der Waals surface area contributed by atoms with Crippen molar-refractivity contribution in [2.24, 2.45) is 0 Å². The maximum absolute atomic E-state index is 12.0. The number of hydrogen-bond donors (Lipinski definition) is 2. The van der Waals surface area contributed by atoms with Crippen LogP contribution in [0.2, 0.25) is 0 Å². The SMILES string of the molecule is CC(Cc1ccc2ccccc2c1)NC(=O)CSc1ncn[nH]1. The van der Waals surface area contributed by atoms with Gasteiger partial charge >= 0.3 is 0 Å². The molecule has 0 aliphatic carbocycles. The molecule has 1 aromatic heterocycles. The average molecular weight is 326 g/mol. The van der Waals surface area contributed by atoms with Gasteiger partial charge in [0.1, 0.15) is 6.33 Å². The first kappa shape index (κ1) is 15.6. The summed E-state index contributed by atoms with van der Waals surface area (Å²) in [5.41, 5.74) is 1.22. The van der Waals surface area contributed by atoms with E-state index in [1.54, 1.807) is 0 Å². The summed E-state index contributed by atoms with van der Waals surface area (Å²) in [5, 5.41) is 12.6. The summed E-state index contributed by atoms with van der Waals surface area (Å²) in [6.45, 7) is 2.02. The smallest absolute Gasteiger partial charge is 0.230 e. The Hall–Kier alpha value is -2.34. The lowest BCUT2D eigenvalue weighted by molar-refractivity contribution is -0.119. The second-order valence-electron chi connectivity index (χ2n) is 5.43. The minimum Gasteiger partial charge on any atom is -0.353 e. The molecule has 0 bridgehead atoms. The van der Waals surface area contributed by atoms with Crippen LogP contribution in [0.25, 0.3) is 10.8 Å². The van der Waals surface area contributed by atoms with Gasteiger partial charge in [-0.05, 0) is 29.7 Å².